The molecule has 1 amide bonds. The molecule has 120 valence electrons. The lowest BCUT2D eigenvalue weighted by molar-refractivity contribution is -0.120. The van der Waals surface area contributed by atoms with Gasteiger partial charge in [0.05, 0.1) is 16.0 Å². The number of halogens is 2. The number of rotatable bonds is 3. The molecular weight excluding hydrogens is 335 g/mol. The molecule has 0 unspecified atom stereocenters. The maximum atomic E-state index is 12.5. The van der Waals surface area contributed by atoms with Crippen molar-refractivity contribution in [3.8, 4) is 0 Å². The van der Waals surface area contributed by atoms with Crippen molar-refractivity contribution in [1.29, 1.82) is 0 Å². The predicted molar refractivity (Wildman–Crippen MR) is 92.1 cm³/mol. The quantitative estimate of drug-likeness (QED) is 0.917. The first-order valence-electron chi connectivity index (χ1n) is 7.41. The van der Waals surface area contributed by atoms with E-state index in [4.69, 9.17) is 23.2 Å². The third-order valence-electron chi connectivity index (χ3n) is 3.81. The van der Waals surface area contributed by atoms with Gasteiger partial charge in [-0.15, -0.1) is 0 Å². The predicted octanol–water partition coefficient (Wildman–Crippen LogP) is 3.64. The topological polar surface area (TPSA) is 58.1 Å². The van der Waals surface area contributed by atoms with Crippen LogP contribution in [-0.4, -0.2) is 29.0 Å². The summed E-state index contributed by atoms with van der Waals surface area (Å²) in [6.07, 6.45) is 5.19. The Balaban J connectivity index is 1.66. The van der Waals surface area contributed by atoms with Crippen LogP contribution in [0.15, 0.2) is 36.7 Å². The van der Waals surface area contributed by atoms with E-state index in [2.05, 4.69) is 15.3 Å². The van der Waals surface area contributed by atoms with Crippen LogP contribution >= 0.6 is 23.2 Å². The molecule has 1 N–H and O–H groups in total. The van der Waals surface area contributed by atoms with E-state index in [1.165, 1.54) is 0 Å². The number of carbonyl (C=O) groups is 1. The zero-order chi connectivity index (χ0) is 16.2. The summed E-state index contributed by atoms with van der Waals surface area (Å²) in [5.74, 6) is 0.533. The number of nitrogens with one attached hydrogen (secondary N) is 1. The molecule has 0 spiro atoms. The Bertz CT molecular complexity index is 696. The maximum Gasteiger partial charge on any atom is 0.229 e. The first-order valence-corrected chi connectivity index (χ1v) is 8.17. The summed E-state index contributed by atoms with van der Waals surface area (Å²) < 4.78 is 0. The van der Waals surface area contributed by atoms with Crippen molar-refractivity contribution in [2.75, 3.05) is 23.3 Å². The average molecular weight is 351 g/mol. The van der Waals surface area contributed by atoms with Gasteiger partial charge >= 0.3 is 0 Å². The van der Waals surface area contributed by atoms with Crippen LogP contribution < -0.4 is 10.2 Å². The van der Waals surface area contributed by atoms with Crippen LogP contribution in [0.3, 0.4) is 0 Å². The number of aromatic nitrogens is 2. The summed E-state index contributed by atoms with van der Waals surface area (Å²) in [7, 11) is 0. The molecule has 2 heterocycles. The molecule has 3 rings (SSSR count). The summed E-state index contributed by atoms with van der Waals surface area (Å²) in [5.41, 5.74) is 0.650. The van der Waals surface area contributed by atoms with Gasteiger partial charge in [-0.05, 0) is 37.1 Å². The normalized spacial score (nSPS) is 17.8. The second-order valence-corrected chi connectivity index (χ2v) is 6.27. The van der Waals surface area contributed by atoms with Gasteiger partial charge in [0, 0.05) is 31.2 Å². The molecule has 7 heteroatoms. The second-order valence-electron chi connectivity index (χ2n) is 5.45. The van der Waals surface area contributed by atoms with E-state index in [1.54, 1.807) is 36.7 Å². The fraction of sp³-hybridized carbons (Fsp3) is 0.312. The summed E-state index contributed by atoms with van der Waals surface area (Å²) in [5, 5.41) is 3.79. The van der Waals surface area contributed by atoms with Gasteiger partial charge in [-0.2, -0.15) is 0 Å². The van der Waals surface area contributed by atoms with Crippen molar-refractivity contribution in [2.45, 2.75) is 12.8 Å². The summed E-state index contributed by atoms with van der Waals surface area (Å²) in [6.45, 7) is 1.47. The van der Waals surface area contributed by atoms with Crippen molar-refractivity contribution >= 4 is 40.7 Å². The second kappa shape index (κ2) is 7.15. The highest BCUT2D eigenvalue weighted by Crippen LogP contribution is 2.26. The number of nitrogens with zero attached hydrogens (tertiary/aromatic N) is 3. The fourth-order valence-corrected chi connectivity index (χ4v) is 2.94. The van der Waals surface area contributed by atoms with Crippen LogP contribution in [0, 0.1) is 5.92 Å². The Morgan fingerprint density at radius 2 is 2.00 bits per heavy atom. The van der Waals surface area contributed by atoms with E-state index in [1.807, 2.05) is 4.90 Å². The smallest absolute Gasteiger partial charge is 0.229 e. The van der Waals surface area contributed by atoms with Crippen molar-refractivity contribution in [3.63, 3.8) is 0 Å². The molecule has 0 radical (unpaired) electrons. The lowest BCUT2D eigenvalue weighted by Gasteiger charge is -2.31. The van der Waals surface area contributed by atoms with E-state index in [0.29, 0.717) is 28.2 Å². The molecule has 1 aliphatic rings. The summed E-state index contributed by atoms with van der Waals surface area (Å²) in [6, 6.07) is 6.85. The molecule has 5 nitrogen and oxygen atoms in total. The lowest BCUT2D eigenvalue weighted by Crippen LogP contribution is -2.41. The van der Waals surface area contributed by atoms with Crippen LogP contribution in [0.4, 0.5) is 11.6 Å². The molecular formula is C16H16Cl2N4O. The van der Waals surface area contributed by atoms with Gasteiger partial charge in [-0.1, -0.05) is 23.2 Å². The van der Waals surface area contributed by atoms with Crippen LogP contribution in [0.5, 0.6) is 0 Å². The molecule has 0 bridgehead atoms. The monoisotopic (exact) mass is 350 g/mol. The largest absolute Gasteiger partial charge is 0.340 e. The Morgan fingerprint density at radius 3 is 2.74 bits per heavy atom. The molecule has 2 aromatic rings. The SMILES string of the molecule is O=C(Nc1ccc(Cl)c(Cl)c1)[C@@H]1CCCN(c2ncccn2)C1. The standard InChI is InChI=1S/C16H16Cl2N4O/c17-13-5-4-12(9-14(13)18)21-15(23)11-3-1-8-22(10-11)16-19-6-2-7-20-16/h2,4-7,9,11H,1,3,8,10H2,(H,21,23)/t11-/m1/s1. The van der Waals surface area contributed by atoms with E-state index < -0.39 is 0 Å². The average Bonchev–Trinajstić information content (AvgIpc) is 2.59. The van der Waals surface area contributed by atoms with Crippen molar-refractivity contribution in [3.05, 3.63) is 46.7 Å². The molecule has 1 atom stereocenters. The molecule has 1 aromatic carbocycles. The molecule has 0 aliphatic carbocycles. The van der Waals surface area contributed by atoms with Gasteiger partial charge in [0.25, 0.3) is 0 Å². The lowest BCUT2D eigenvalue weighted by atomic mass is 9.97. The highest BCUT2D eigenvalue weighted by atomic mass is 35.5. The van der Waals surface area contributed by atoms with Gasteiger partial charge < -0.3 is 10.2 Å². The van der Waals surface area contributed by atoms with E-state index in [-0.39, 0.29) is 11.8 Å². The number of carbonyl (C=O) groups excluding carboxylic acids is 1. The third-order valence-corrected chi connectivity index (χ3v) is 4.55. The number of piperidine rings is 1. The highest BCUT2D eigenvalue weighted by molar-refractivity contribution is 6.42. The van der Waals surface area contributed by atoms with Crippen molar-refractivity contribution in [1.82, 2.24) is 9.97 Å². The Morgan fingerprint density at radius 1 is 1.22 bits per heavy atom. The number of amides is 1. The van der Waals surface area contributed by atoms with Crippen LogP contribution in [0.1, 0.15) is 12.8 Å². The molecule has 23 heavy (non-hydrogen) atoms. The van der Waals surface area contributed by atoms with E-state index >= 15 is 0 Å². The van der Waals surface area contributed by atoms with Crippen LogP contribution in [0.2, 0.25) is 10.0 Å². The van der Waals surface area contributed by atoms with Gasteiger partial charge in [0.2, 0.25) is 11.9 Å². The molecule has 1 saturated heterocycles. The summed E-state index contributed by atoms with van der Waals surface area (Å²) >= 11 is 11.9. The van der Waals surface area contributed by atoms with Crippen molar-refractivity contribution < 1.29 is 4.79 Å². The number of hydrogen-bond donors (Lipinski definition) is 1. The number of anilines is 2. The van der Waals surface area contributed by atoms with Crippen molar-refractivity contribution in [2.24, 2.45) is 5.92 Å². The number of benzene rings is 1. The Kier molecular flexibility index (Phi) is 4.98. The van der Waals surface area contributed by atoms with E-state index in [0.717, 1.165) is 19.4 Å². The zero-order valence-electron chi connectivity index (χ0n) is 12.4. The first kappa shape index (κ1) is 16.0. The molecule has 0 saturated carbocycles. The zero-order valence-corrected chi connectivity index (χ0v) is 13.9. The van der Waals surface area contributed by atoms with Crippen LogP contribution in [-0.2, 0) is 4.79 Å². The first-order chi connectivity index (χ1) is 11.1. The Hall–Kier alpha value is -1.85. The van der Waals surface area contributed by atoms with Gasteiger partial charge in [-0.25, -0.2) is 9.97 Å². The van der Waals surface area contributed by atoms with Gasteiger partial charge in [-0.3, -0.25) is 4.79 Å². The fourth-order valence-electron chi connectivity index (χ4n) is 2.65. The number of hydrogen-bond acceptors (Lipinski definition) is 4. The third kappa shape index (κ3) is 3.92. The van der Waals surface area contributed by atoms with Crippen LogP contribution in [0.25, 0.3) is 0 Å². The van der Waals surface area contributed by atoms with E-state index in [9.17, 15) is 4.79 Å². The Labute approximate surface area is 144 Å². The molecule has 1 fully saturated rings. The molecule has 1 aliphatic heterocycles. The minimum atomic E-state index is -0.109. The highest BCUT2D eigenvalue weighted by Gasteiger charge is 2.27. The minimum Gasteiger partial charge on any atom is -0.340 e. The summed E-state index contributed by atoms with van der Waals surface area (Å²) in [4.78, 5) is 23.0. The molecule has 1 aromatic heterocycles. The van der Waals surface area contributed by atoms with Gasteiger partial charge in [0.15, 0.2) is 0 Å². The maximum absolute atomic E-state index is 12.5. The minimum absolute atomic E-state index is 0.0241. The van der Waals surface area contributed by atoms with Gasteiger partial charge in [0.1, 0.15) is 0 Å².